The molecule has 2 aliphatic rings. The Morgan fingerprint density at radius 3 is 2.81 bits per heavy atom. The molecule has 0 aromatic carbocycles. The van der Waals surface area contributed by atoms with Crippen LogP contribution in [0.1, 0.15) is 6.42 Å². The van der Waals surface area contributed by atoms with E-state index in [0.717, 1.165) is 6.54 Å². The molecular weight excluding hydrogens is 232 g/mol. The summed E-state index contributed by atoms with van der Waals surface area (Å²) < 4.78 is 27.7. The van der Waals surface area contributed by atoms with Gasteiger partial charge in [0.15, 0.2) is 9.84 Å². The van der Waals surface area contributed by atoms with Crippen molar-refractivity contribution in [3.05, 3.63) is 0 Å². The van der Waals surface area contributed by atoms with E-state index < -0.39 is 15.9 Å². The maximum absolute atomic E-state index is 11.7. The Kier molecular flexibility index (Phi) is 3.46. The summed E-state index contributed by atoms with van der Waals surface area (Å²) in [5.41, 5.74) is 0. The van der Waals surface area contributed by atoms with Gasteiger partial charge in [-0.15, -0.1) is 0 Å². The van der Waals surface area contributed by atoms with Crippen LogP contribution in [0.2, 0.25) is 0 Å². The molecule has 0 bridgehead atoms. The number of sulfone groups is 1. The van der Waals surface area contributed by atoms with Gasteiger partial charge in [0, 0.05) is 19.1 Å². The van der Waals surface area contributed by atoms with Crippen LogP contribution in [-0.2, 0) is 19.4 Å². The highest BCUT2D eigenvalue weighted by molar-refractivity contribution is 7.91. The first-order valence-corrected chi connectivity index (χ1v) is 7.22. The molecule has 2 saturated heterocycles. The molecular formula is C9H16N2O4S. The van der Waals surface area contributed by atoms with Crippen LogP contribution >= 0.6 is 0 Å². The lowest BCUT2D eigenvalue weighted by Crippen LogP contribution is -2.50. The molecule has 1 amide bonds. The Balaban J connectivity index is 1.83. The second-order valence-electron chi connectivity index (χ2n) is 4.17. The SMILES string of the molecule is O=C(NC1CCS(=O)(=O)C1)C1CNCCO1. The van der Waals surface area contributed by atoms with Crippen molar-refractivity contribution in [2.45, 2.75) is 18.6 Å². The highest BCUT2D eigenvalue weighted by Gasteiger charge is 2.31. The summed E-state index contributed by atoms with van der Waals surface area (Å²) in [5, 5.41) is 5.77. The van der Waals surface area contributed by atoms with E-state index >= 15 is 0 Å². The molecule has 0 saturated carbocycles. The minimum absolute atomic E-state index is 0.0545. The third-order valence-corrected chi connectivity index (χ3v) is 4.57. The number of rotatable bonds is 2. The van der Waals surface area contributed by atoms with Crippen LogP contribution in [0, 0.1) is 0 Å². The van der Waals surface area contributed by atoms with Crippen molar-refractivity contribution in [2.24, 2.45) is 0 Å². The first kappa shape index (κ1) is 11.8. The van der Waals surface area contributed by atoms with Gasteiger partial charge in [0.2, 0.25) is 0 Å². The molecule has 0 spiro atoms. The monoisotopic (exact) mass is 248 g/mol. The van der Waals surface area contributed by atoms with Crippen LogP contribution in [0.4, 0.5) is 0 Å². The van der Waals surface area contributed by atoms with E-state index in [9.17, 15) is 13.2 Å². The lowest BCUT2D eigenvalue weighted by Gasteiger charge is -2.24. The minimum Gasteiger partial charge on any atom is -0.366 e. The fraction of sp³-hybridized carbons (Fsp3) is 0.889. The fourth-order valence-corrected chi connectivity index (χ4v) is 3.61. The average molecular weight is 248 g/mol. The van der Waals surface area contributed by atoms with E-state index in [2.05, 4.69) is 10.6 Å². The Hall–Kier alpha value is -0.660. The summed E-state index contributed by atoms with van der Waals surface area (Å²) in [6, 6.07) is -0.247. The van der Waals surface area contributed by atoms with E-state index in [1.165, 1.54) is 0 Å². The molecule has 0 aliphatic carbocycles. The summed E-state index contributed by atoms with van der Waals surface area (Å²) in [5.74, 6) is 0.00922. The molecule has 2 N–H and O–H groups in total. The third kappa shape index (κ3) is 2.93. The van der Waals surface area contributed by atoms with Gasteiger partial charge in [-0.25, -0.2) is 8.42 Å². The van der Waals surface area contributed by atoms with Crippen LogP contribution < -0.4 is 10.6 Å². The molecule has 2 unspecified atom stereocenters. The average Bonchev–Trinajstić information content (AvgIpc) is 2.59. The number of nitrogens with one attached hydrogen (secondary N) is 2. The maximum atomic E-state index is 11.7. The Labute approximate surface area is 94.6 Å². The van der Waals surface area contributed by atoms with Crippen LogP contribution in [0.25, 0.3) is 0 Å². The maximum Gasteiger partial charge on any atom is 0.250 e. The van der Waals surface area contributed by atoms with E-state index in [1.54, 1.807) is 0 Å². The van der Waals surface area contributed by atoms with Crippen LogP contribution in [0.5, 0.6) is 0 Å². The van der Waals surface area contributed by atoms with Crippen molar-refractivity contribution in [3.8, 4) is 0 Å². The van der Waals surface area contributed by atoms with Gasteiger partial charge in [-0.1, -0.05) is 0 Å². The summed E-state index contributed by atoms with van der Waals surface area (Å²) in [4.78, 5) is 11.7. The van der Waals surface area contributed by atoms with Crippen molar-refractivity contribution in [1.29, 1.82) is 0 Å². The first-order valence-electron chi connectivity index (χ1n) is 5.40. The van der Waals surface area contributed by atoms with E-state index in [-0.39, 0.29) is 23.5 Å². The topological polar surface area (TPSA) is 84.5 Å². The largest absolute Gasteiger partial charge is 0.366 e. The smallest absolute Gasteiger partial charge is 0.250 e. The second-order valence-corrected chi connectivity index (χ2v) is 6.40. The normalized spacial score (nSPS) is 33.5. The standard InChI is InChI=1S/C9H16N2O4S/c12-9(8-5-10-2-3-15-8)11-7-1-4-16(13,14)6-7/h7-8,10H,1-6H2,(H,11,12). The zero-order valence-corrected chi connectivity index (χ0v) is 9.76. The van der Waals surface area contributed by atoms with Crippen molar-refractivity contribution < 1.29 is 17.9 Å². The second kappa shape index (κ2) is 4.68. The summed E-state index contributed by atoms with van der Waals surface area (Å²) in [6.07, 6.45) is 0.0193. The third-order valence-electron chi connectivity index (χ3n) is 2.80. The molecule has 92 valence electrons. The van der Waals surface area contributed by atoms with Gasteiger partial charge < -0.3 is 15.4 Å². The van der Waals surface area contributed by atoms with Gasteiger partial charge >= 0.3 is 0 Å². The molecule has 2 fully saturated rings. The molecule has 2 heterocycles. The molecule has 16 heavy (non-hydrogen) atoms. The van der Waals surface area contributed by atoms with Crippen molar-refractivity contribution in [2.75, 3.05) is 31.2 Å². The minimum atomic E-state index is -2.94. The highest BCUT2D eigenvalue weighted by Crippen LogP contribution is 2.11. The van der Waals surface area contributed by atoms with Gasteiger partial charge in [0.05, 0.1) is 18.1 Å². The summed E-state index contributed by atoms with van der Waals surface area (Å²) in [6.45, 7) is 1.76. The number of morpholine rings is 1. The van der Waals surface area contributed by atoms with Crippen LogP contribution in [-0.4, -0.2) is 57.7 Å². The number of hydrogen-bond donors (Lipinski definition) is 2. The number of carbonyl (C=O) groups excluding carboxylic acids is 1. The number of carbonyl (C=O) groups is 1. The first-order chi connectivity index (χ1) is 7.57. The van der Waals surface area contributed by atoms with Gasteiger partial charge in [-0.05, 0) is 6.42 Å². The van der Waals surface area contributed by atoms with Crippen molar-refractivity contribution >= 4 is 15.7 Å². The Morgan fingerprint density at radius 2 is 2.25 bits per heavy atom. The lowest BCUT2D eigenvalue weighted by atomic mass is 10.2. The van der Waals surface area contributed by atoms with Gasteiger partial charge in [-0.3, -0.25) is 4.79 Å². The van der Waals surface area contributed by atoms with Gasteiger partial charge in [0.25, 0.3) is 5.91 Å². The number of ether oxygens (including phenoxy) is 1. The summed E-state index contributed by atoms with van der Waals surface area (Å²) >= 11 is 0. The number of hydrogen-bond acceptors (Lipinski definition) is 5. The lowest BCUT2D eigenvalue weighted by molar-refractivity contribution is -0.134. The zero-order chi connectivity index (χ0) is 11.6. The quantitative estimate of drug-likeness (QED) is 0.607. The van der Waals surface area contributed by atoms with Crippen molar-refractivity contribution in [1.82, 2.24) is 10.6 Å². The molecule has 0 radical (unpaired) electrons. The molecule has 2 aliphatic heterocycles. The Morgan fingerprint density at radius 1 is 1.44 bits per heavy atom. The van der Waals surface area contributed by atoms with Crippen LogP contribution in [0.3, 0.4) is 0 Å². The molecule has 2 atom stereocenters. The highest BCUT2D eigenvalue weighted by atomic mass is 32.2. The van der Waals surface area contributed by atoms with Gasteiger partial charge in [0.1, 0.15) is 6.10 Å². The van der Waals surface area contributed by atoms with Gasteiger partial charge in [-0.2, -0.15) is 0 Å². The molecule has 7 heteroatoms. The van der Waals surface area contributed by atoms with Crippen molar-refractivity contribution in [3.63, 3.8) is 0 Å². The van der Waals surface area contributed by atoms with Crippen LogP contribution in [0.15, 0.2) is 0 Å². The number of amides is 1. The molecule has 6 nitrogen and oxygen atoms in total. The molecule has 2 rings (SSSR count). The predicted octanol–water partition coefficient (Wildman–Crippen LogP) is -1.72. The molecule has 0 aromatic rings. The Bertz CT molecular complexity index is 362. The van der Waals surface area contributed by atoms with E-state index in [1.807, 2.05) is 0 Å². The summed E-state index contributed by atoms with van der Waals surface area (Å²) in [7, 11) is -2.94. The molecule has 0 aromatic heterocycles. The zero-order valence-electron chi connectivity index (χ0n) is 8.94. The predicted molar refractivity (Wildman–Crippen MR) is 57.8 cm³/mol. The fourth-order valence-electron chi connectivity index (χ4n) is 1.94. The van der Waals surface area contributed by atoms with E-state index in [4.69, 9.17) is 4.74 Å². The van der Waals surface area contributed by atoms with E-state index in [0.29, 0.717) is 19.6 Å².